The minimum absolute atomic E-state index is 0.0206. The van der Waals surface area contributed by atoms with Crippen molar-refractivity contribution in [2.45, 2.75) is 82.0 Å². The minimum Gasteiger partial charge on any atom is -0.388 e. The first-order valence-electron chi connectivity index (χ1n) is 9.74. The van der Waals surface area contributed by atoms with Gasteiger partial charge >= 0.3 is 0 Å². The fourth-order valence-corrected chi connectivity index (χ4v) is 4.44. The van der Waals surface area contributed by atoms with Gasteiger partial charge in [0, 0.05) is 0 Å². The van der Waals surface area contributed by atoms with Gasteiger partial charge in [-0.15, -0.1) is 11.8 Å². The number of nitrogens with one attached hydrogen (secondary N) is 2. The predicted octanol–water partition coefficient (Wildman–Crippen LogP) is 0.386. The van der Waals surface area contributed by atoms with E-state index in [0.717, 1.165) is 19.4 Å². The highest BCUT2D eigenvalue weighted by molar-refractivity contribution is 7.99. The zero-order valence-corrected chi connectivity index (χ0v) is 17.4. The van der Waals surface area contributed by atoms with E-state index in [4.69, 9.17) is 4.74 Å². The number of amides is 1. The summed E-state index contributed by atoms with van der Waals surface area (Å²) in [6, 6.07) is -0.794. The Morgan fingerprint density at radius 1 is 1.33 bits per heavy atom. The molecule has 2 heterocycles. The van der Waals surface area contributed by atoms with Crippen LogP contribution in [0.2, 0.25) is 0 Å². The number of ether oxygens (including phenoxy) is 1. The second-order valence-electron chi connectivity index (χ2n) is 7.69. The number of aliphatic hydroxyl groups is 3. The lowest BCUT2D eigenvalue weighted by Gasteiger charge is -2.44. The van der Waals surface area contributed by atoms with Crippen LogP contribution in [0.5, 0.6) is 0 Å². The van der Waals surface area contributed by atoms with Crippen LogP contribution in [-0.4, -0.2) is 76.0 Å². The Balaban J connectivity index is 2.10. The molecule has 0 unspecified atom stereocenters. The van der Waals surface area contributed by atoms with Gasteiger partial charge in [-0.2, -0.15) is 0 Å². The van der Waals surface area contributed by atoms with E-state index in [1.807, 2.05) is 13.8 Å². The summed E-state index contributed by atoms with van der Waals surface area (Å²) in [5.74, 6) is -0.152. The summed E-state index contributed by atoms with van der Waals surface area (Å²) in [6.07, 6.45) is 1.98. The molecule has 1 amide bonds. The zero-order valence-electron chi connectivity index (χ0n) is 16.6. The van der Waals surface area contributed by atoms with Crippen LogP contribution in [0.1, 0.15) is 40.0 Å². The van der Waals surface area contributed by atoms with Gasteiger partial charge in [0.1, 0.15) is 29.9 Å². The number of aliphatic hydroxyl groups excluding tert-OH is 3. The number of thioether (sulfide) groups is 1. The van der Waals surface area contributed by atoms with E-state index in [1.54, 1.807) is 6.26 Å². The maximum atomic E-state index is 12.9. The topological polar surface area (TPSA) is 111 Å². The van der Waals surface area contributed by atoms with E-state index in [9.17, 15) is 20.1 Å². The average Bonchev–Trinajstić information content (AvgIpc) is 2.65. The molecule has 0 aromatic rings. The van der Waals surface area contributed by atoms with E-state index in [1.165, 1.54) is 17.3 Å². The van der Waals surface area contributed by atoms with Crippen LogP contribution in [0.15, 0.2) is 11.6 Å². The van der Waals surface area contributed by atoms with Crippen molar-refractivity contribution in [2.75, 3.05) is 12.8 Å². The lowest BCUT2D eigenvalue weighted by atomic mass is 9.88. The van der Waals surface area contributed by atoms with Gasteiger partial charge in [-0.05, 0) is 38.0 Å². The third-order valence-corrected chi connectivity index (χ3v) is 6.19. The van der Waals surface area contributed by atoms with Gasteiger partial charge in [0.25, 0.3) is 0 Å². The highest BCUT2D eigenvalue weighted by Gasteiger charge is 2.47. The highest BCUT2D eigenvalue weighted by atomic mass is 32.2. The number of hydrogen-bond acceptors (Lipinski definition) is 7. The fraction of sp³-hybridized carbons (Fsp3) is 0.842. The Labute approximate surface area is 165 Å². The minimum atomic E-state index is -1.31. The third kappa shape index (κ3) is 5.46. The summed E-state index contributed by atoms with van der Waals surface area (Å²) in [5, 5.41) is 37.0. The van der Waals surface area contributed by atoms with Crippen molar-refractivity contribution in [1.82, 2.24) is 10.6 Å². The largest absolute Gasteiger partial charge is 0.388 e. The van der Waals surface area contributed by atoms with Gasteiger partial charge in [-0.1, -0.05) is 32.4 Å². The molecule has 7 nitrogen and oxygen atoms in total. The van der Waals surface area contributed by atoms with Gasteiger partial charge in [0.05, 0.1) is 12.1 Å². The second kappa shape index (κ2) is 10.2. The molecule has 0 aliphatic carbocycles. The second-order valence-corrected chi connectivity index (χ2v) is 8.62. The summed E-state index contributed by atoms with van der Waals surface area (Å²) in [5.41, 5.74) is 0.630. The predicted molar refractivity (Wildman–Crippen MR) is 106 cm³/mol. The molecular formula is C19H34N2O5S. The van der Waals surface area contributed by atoms with Gasteiger partial charge in [0.15, 0.2) is 0 Å². The molecule has 0 spiro atoms. The van der Waals surface area contributed by atoms with Crippen molar-refractivity contribution in [1.29, 1.82) is 0 Å². The van der Waals surface area contributed by atoms with Crippen molar-refractivity contribution in [3.05, 3.63) is 11.6 Å². The van der Waals surface area contributed by atoms with Crippen molar-refractivity contribution >= 4 is 17.7 Å². The van der Waals surface area contributed by atoms with Crippen molar-refractivity contribution < 1.29 is 24.9 Å². The summed E-state index contributed by atoms with van der Waals surface area (Å²) in [7, 11) is 0. The number of piperidine rings is 1. The van der Waals surface area contributed by atoms with E-state index < -0.39 is 35.9 Å². The molecule has 0 bridgehead atoms. The SMILES string of the molecule is CCC=C1CCN[C@H](C(=O)N[C@H](C(C)C)[C@H]2O[C@H](SC)[C@H](O)[C@@H](O)[C@H]2O)C1. The third-order valence-electron chi connectivity index (χ3n) is 5.33. The molecule has 0 saturated carbocycles. The monoisotopic (exact) mass is 402 g/mol. The van der Waals surface area contributed by atoms with Gasteiger partial charge in [-0.25, -0.2) is 0 Å². The van der Waals surface area contributed by atoms with Crippen molar-refractivity contribution in [2.24, 2.45) is 5.92 Å². The Morgan fingerprint density at radius 3 is 2.63 bits per heavy atom. The Kier molecular flexibility index (Phi) is 8.58. The van der Waals surface area contributed by atoms with Crippen LogP contribution < -0.4 is 10.6 Å². The van der Waals surface area contributed by atoms with E-state index in [0.29, 0.717) is 6.42 Å². The fourth-order valence-electron chi connectivity index (χ4n) is 3.76. The van der Waals surface area contributed by atoms with Crippen LogP contribution in [0.25, 0.3) is 0 Å². The standard InChI is InChI=1S/C19H34N2O5S/c1-5-6-11-7-8-20-12(9-11)18(25)21-13(10(2)3)17-15(23)14(22)16(24)19(26-17)27-4/h6,10,12-17,19-20,22-24H,5,7-9H2,1-4H3,(H,21,25)/t12-,13+,14-,15+,16+,17+,19+/m0/s1. The summed E-state index contributed by atoms with van der Waals surface area (Å²) >= 11 is 1.27. The van der Waals surface area contributed by atoms with E-state index >= 15 is 0 Å². The molecule has 0 aromatic heterocycles. The lowest BCUT2D eigenvalue weighted by Crippen LogP contribution is -2.64. The molecule has 2 fully saturated rings. The molecule has 156 valence electrons. The normalized spacial score (nSPS) is 37.4. The van der Waals surface area contributed by atoms with Gasteiger partial charge in [-0.3, -0.25) is 4.79 Å². The first-order chi connectivity index (χ1) is 12.8. The van der Waals surface area contributed by atoms with Gasteiger partial charge < -0.3 is 30.7 Å². The number of carbonyl (C=O) groups excluding carboxylic acids is 1. The molecule has 8 heteroatoms. The van der Waals surface area contributed by atoms with Crippen molar-refractivity contribution in [3.8, 4) is 0 Å². The zero-order chi connectivity index (χ0) is 20.1. The molecule has 0 radical (unpaired) electrons. The molecule has 2 aliphatic rings. The number of carbonyl (C=O) groups is 1. The smallest absolute Gasteiger partial charge is 0.237 e. The van der Waals surface area contributed by atoms with E-state index in [-0.39, 0.29) is 17.9 Å². The summed E-state index contributed by atoms with van der Waals surface area (Å²) in [6.45, 7) is 6.72. The maximum Gasteiger partial charge on any atom is 0.237 e. The summed E-state index contributed by atoms with van der Waals surface area (Å²) in [4.78, 5) is 12.9. The number of rotatable bonds is 6. The molecule has 5 N–H and O–H groups in total. The Bertz CT molecular complexity index is 528. The Hall–Kier alpha value is -0.640. The van der Waals surface area contributed by atoms with Crippen LogP contribution in [0, 0.1) is 5.92 Å². The molecule has 27 heavy (non-hydrogen) atoms. The molecular weight excluding hydrogens is 368 g/mol. The summed E-state index contributed by atoms with van der Waals surface area (Å²) < 4.78 is 5.86. The van der Waals surface area contributed by atoms with Crippen LogP contribution >= 0.6 is 11.8 Å². The lowest BCUT2D eigenvalue weighted by molar-refractivity contribution is -0.208. The van der Waals surface area contributed by atoms with Crippen LogP contribution in [0.3, 0.4) is 0 Å². The van der Waals surface area contributed by atoms with Crippen LogP contribution in [-0.2, 0) is 9.53 Å². The molecule has 2 saturated heterocycles. The molecule has 0 aromatic carbocycles. The quantitative estimate of drug-likeness (QED) is 0.409. The van der Waals surface area contributed by atoms with Crippen molar-refractivity contribution in [3.63, 3.8) is 0 Å². The molecule has 7 atom stereocenters. The highest BCUT2D eigenvalue weighted by Crippen LogP contribution is 2.30. The first kappa shape index (κ1) is 22.6. The molecule has 2 rings (SSSR count). The molecule has 2 aliphatic heterocycles. The Morgan fingerprint density at radius 2 is 2.04 bits per heavy atom. The first-order valence-corrected chi connectivity index (χ1v) is 11.0. The number of allylic oxidation sites excluding steroid dienone is 1. The van der Waals surface area contributed by atoms with Crippen LogP contribution in [0.4, 0.5) is 0 Å². The van der Waals surface area contributed by atoms with E-state index in [2.05, 4.69) is 23.6 Å². The average molecular weight is 403 g/mol. The number of hydrogen-bond donors (Lipinski definition) is 5. The van der Waals surface area contributed by atoms with Gasteiger partial charge in [0.2, 0.25) is 5.91 Å². The maximum absolute atomic E-state index is 12.9.